The average molecular weight is 238 g/mol. The highest BCUT2D eigenvalue weighted by Gasteiger charge is 2.31. The highest BCUT2D eigenvalue weighted by atomic mass is 32.2. The third-order valence-corrected chi connectivity index (χ3v) is 4.05. The minimum Gasteiger partial charge on any atom is -0.465 e. The maximum atomic E-state index is 11.7. The van der Waals surface area contributed by atoms with Gasteiger partial charge in [0.1, 0.15) is 0 Å². The van der Waals surface area contributed by atoms with Crippen LogP contribution < -0.4 is 0 Å². The van der Waals surface area contributed by atoms with Crippen molar-refractivity contribution in [2.75, 3.05) is 26.1 Å². The molecule has 0 radical (unpaired) electrons. The van der Waals surface area contributed by atoms with E-state index in [2.05, 4.69) is 4.74 Å². The van der Waals surface area contributed by atoms with Crippen LogP contribution in [0.5, 0.6) is 0 Å². The van der Waals surface area contributed by atoms with Crippen molar-refractivity contribution in [3.05, 3.63) is 0 Å². The molecule has 0 aliphatic heterocycles. The summed E-state index contributed by atoms with van der Waals surface area (Å²) in [5, 5.41) is -1.06. The van der Waals surface area contributed by atoms with Gasteiger partial charge in [-0.1, -0.05) is 6.92 Å². The van der Waals surface area contributed by atoms with Crippen molar-refractivity contribution < 1.29 is 22.7 Å². The SMILES string of the molecule is CCOC(=O)C(CC)S(=O)(=O)CCOC. The third kappa shape index (κ3) is 4.61. The summed E-state index contributed by atoms with van der Waals surface area (Å²) in [6, 6.07) is 0. The van der Waals surface area contributed by atoms with E-state index in [1.165, 1.54) is 7.11 Å². The van der Waals surface area contributed by atoms with Crippen LogP contribution in [-0.2, 0) is 24.1 Å². The minimum absolute atomic E-state index is 0.0955. The number of carbonyl (C=O) groups is 1. The summed E-state index contributed by atoms with van der Waals surface area (Å²) >= 11 is 0. The molecule has 0 aromatic heterocycles. The van der Waals surface area contributed by atoms with E-state index in [0.717, 1.165) is 0 Å². The molecule has 6 heteroatoms. The van der Waals surface area contributed by atoms with Crippen molar-refractivity contribution in [2.45, 2.75) is 25.5 Å². The van der Waals surface area contributed by atoms with Crippen LogP contribution in [0.3, 0.4) is 0 Å². The summed E-state index contributed by atoms with van der Waals surface area (Å²) in [5.74, 6) is -0.822. The molecular weight excluding hydrogens is 220 g/mol. The lowest BCUT2D eigenvalue weighted by Crippen LogP contribution is -2.34. The number of ether oxygens (including phenoxy) is 2. The van der Waals surface area contributed by atoms with Crippen molar-refractivity contribution in [1.29, 1.82) is 0 Å². The van der Waals surface area contributed by atoms with Gasteiger partial charge in [-0.25, -0.2) is 8.42 Å². The number of methoxy groups -OCH3 is 1. The highest BCUT2D eigenvalue weighted by molar-refractivity contribution is 7.92. The van der Waals surface area contributed by atoms with Crippen LogP contribution in [0.25, 0.3) is 0 Å². The molecule has 0 fully saturated rings. The van der Waals surface area contributed by atoms with Crippen LogP contribution in [-0.4, -0.2) is 45.7 Å². The Hall–Kier alpha value is -0.620. The second kappa shape index (κ2) is 6.79. The number of hydrogen-bond donors (Lipinski definition) is 0. The van der Waals surface area contributed by atoms with E-state index in [4.69, 9.17) is 4.74 Å². The Bertz CT molecular complexity index is 283. The molecule has 0 aromatic carbocycles. The normalized spacial score (nSPS) is 13.5. The lowest BCUT2D eigenvalue weighted by atomic mass is 10.3. The number of esters is 1. The molecule has 0 saturated heterocycles. The Morgan fingerprint density at radius 3 is 2.33 bits per heavy atom. The van der Waals surface area contributed by atoms with Gasteiger partial charge >= 0.3 is 5.97 Å². The van der Waals surface area contributed by atoms with E-state index in [0.29, 0.717) is 0 Å². The zero-order chi connectivity index (χ0) is 11.9. The molecule has 90 valence electrons. The van der Waals surface area contributed by atoms with E-state index >= 15 is 0 Å². The summed E-state index contributed by atoms with van der Waals surface area (Å²) < 4.78 is 32.7. The van der Waals surface area contributed by atoms with Gasteiger partial charge in [-0.05, 0) is 13.3 Å². The molecule has 0 aromatic rings. The van der Waals surface area contributed by atoms with Crippen LogP contribution in [0.2, 0.25) is 0 Å². The van der Waals surface area contributed by atoms with Crippen molar-refractivity contribution >= 4 is 15.8 Å². The molecule has 0 rings (SSSR count). The Morgan fingerprint density at radius 1 is 1.33 bits per heavy atom. The van der Waals surface area contributed by atoms with Crippen molar-refractivity contribution in [3.63, 3.8) is 0 Å². The summed E-state index contributed by atoms with van der Waals surface area (Å²) in [5.41, 5.74) is 0. The zero-order valence-electron chi connectivity index (χ0n) is 9.36. The number of rotatable bonds is 7. The fourth-order valence-corrected chi connectivity index (χ4v) is 2.70. The predicted molar refractivity (Wildman–Crippen MR) is 56.4 cm³/mol. The molecule has 0 saturated carbocycles. The summed E-state index contributed by atoms with van der Waals surface area (Å²) in [7, 11) is -2.04. The van der Waals surface area contributed by atoms with Gasteiger partial charge in [0, 0.05) is 7.11 Å². The van der Waals surface area contributed by atoms with Crippen LogP contribution in [0, 0.1) is 0 Å². The van der Waals surface area contributed by atoms with Gasteiger partial charge in [-0.2, -0.15) is 0 Å². The van der Waals surface area contributed by atoms with E-state index in [9.17, 15) is 13.2 Å². The van der Waals surface area contributed by atoms with E-state index in [1.54, 1.807) is 13.8 Å². The lowest BCUT2D eigenvalue weighted by Gasteiger charge is -2.13. The number of sulfone groups is 1. The molecule has 0 heterocycles. The van der Waals surface area contributed by atoms with Crippen LogP contribution in [0.1, 0.15) is 20.3 Å². The second-order valence-electron chi connectivity index (χ2n) is 3.01. The van der Waals surface area contributed by atoms with Gasteiger partial charge in [0.2, 0.25) is 0 Å². The van der Waals surface area contributed by atoms with Gasteiger partial charge < -0.3 is 9.47 Å². The second-order valence-corrected chi connectivity index (χ2v) is 5.31. The van der Waals surface area contributed by atoms with Crippen molar-refractivity contribution in [1.82, 2.24) is 0 Å². The van der Waals surface area contributed by atoms with Gasteiger partial charge in [-0.3, -0.25) is 4.79 Å². The van der Waals surface area contributed by atoms with Crippen molar-refractivity contribution in [3.8, 4) is 0 Å². The molecule has 0 amide bonds. The quantitative estimate of drug-likeness (QED) is 0.600. The maximum absolute atomic E-state index is 11.7. The molecule has 1 atom stereocenters. The van der Waals surface area contributed by atoms with Crippen LogP contribution in [0.4, 0.5) is 0 Å². The van der Waals surface area contributed by atoms with Gasteiger partial charge in [-0.15, -0.1) is 0 Å². The van der Waals surface area contributed by atoms with E-state index < -0.39 is 21.1 Å². The lowest BCUT2D eigenvalue weighted by molar-refractivity contribution is -0.142. The third-order valence-electron chi connectivity index (χ3n) is 1.93. The Labute approximate surface area is 90.7 Å². The summed E-state index contributed by atoms with van der Waals surface area (Å²) in [6.07, 6.45) is 0.227. The number of carbonyl (C=O) groups excluding carboxylic acids is 1. The molecule has 0 aliphatic carbocycles. The largest absolute Gasteiger partial charge is 0.465 e. The molecule has 5 nitrogen and oxygen atoms in total. The molecule has 0 aliphatic rings. The van der Waals surface area contributed by atoms with E-state index in [1.807, 2.05) is 0 Å². The average Bonchev–Trinajstić information content (AvgIpc) is 2.16. The Morgan fingerprint density at radius 2 is 1.93 bits per heavy atom. The molecule has 15 heavy (non-hydrogen) atoms. The molecular formula is C9H18O5S. The first-order valence-corrected chi connectivity index (χ1v) is 6.58. The Balaban J connectivity index is 4.57. The molecule has 0 bridgehead atoms. The molecule has 0 N–H and O–H groups in total. The first-order valence-electron chi connectivity index (χ1n) is 4.86. The van der Waals surface area contributed by atoms with Gasteiger partial charge in [0.15, 0.2) is 15.1 Å². The first kappa shape index (κ1) is 14.4. The summed E-state index contributed by atoms with van der Waals surface area (Å²) in [4.78, 5) is 11.3. The predicted octanol–water partition coefficient (Wildman–Crippen LogP) is 0.389. The topological polar surface area (TPSA) is 69.7 Å². The fraction of sp³-hybridized carbons (Fsp3) is 0.889. The standard InChI is InChI=1S/C9H18O5S/c1-4-8(9(10)14-5-2)15(11,12)7-6-13-3/h8H,4-7H2,1-3H3. The van der Waals surface area contributed by atoms with Crippen LogP contribution >= 0.6 is 0 Å². The van der Waals surface area contributed by atoms with Crippen molar-refractivity contribution in [2.24, 2.45) is 0 Å². The van der Waals surface area contributed by atoms with Gasteiger partial charge in [0.25, 0.3) is 0 Å². The fourth-order valence-electron chi connectivity index (χ4n) is 1.14. The van der Waals surface area contributed by atoms with Gasteiger partial charge in [0.05, 0.1) is 19.0 Å². The first-order chi connectivity index (χ1) is 6.99. The smallest absolute Gasteiger partial charge is 0.324 e. The van der Waals surface area contributed by atoms with E-state index in [-0.39, 0.29) is 25.4 Å². The number of hydrogen-bond acceptors (Lipinski definition) is 5. The summed E-state index contributed by atoms with van der Waals surface area (Å²) in [6.45, 7) is 3.58. The minimum atomic E-state index is -3.46. The zero-order valence-corrected chi connectivity index (χ0v) is 10.2. The monoisotopic (exact) mass is 238 g/mol. The van der Waals surface area contributed by atoms with Crippen LogP contribution in [0.15, 0.2) is 0 Å². The maximum Gasteiger partial charge on any atom is 0.324 e. The highest BCUT2D eigenvalue weighted by Crippen LogP contribution is 2.09. The Kier molecular flexibility index (Phi) is 6.51. The molecule has 0 spiro atoms. The molecule has 1 unspecified atom stereocenters.